The molecule has 1 atom stereocenters. The van der Waals surface area contributed by atoms with Gasteiger partial charge in [-0.2, -0.15) is 0 Å². The molecular formula is C19H34N2. The third-order valence-corrected chi connectivity index (χ3v) is 4.63. The Hall–Kier alpha value is -0.860. The number of aryl methyl sites for hydroxylation is 2. The van der Waals surface area contributed by atoms with Gasteiger partial charge in [-0.05, 0) is 64.9 Å². The van der Waals surface area contributed by atoms with E-state index in [0.717, 1.165) is 26.1 Å². The van der Waals surface area contributed by atoms with Crippen LogP contribution in [-0.4, -0.2) is 30.1 Å². The van der Waals surface area contributed by atoms with E-state index in [4.69, 9.17) is 0 Å². The van der Waals surface area contributed by atoms with Crippen molar-refractivity contribution in [2.24, 2.45) is 0 Å². The number of nitrogens with zero attached hydrogens (tertiary/aromatic N) is 1. The molecule has 1 aromatic rings. The maximum absolute atomic E-state index is 3.80. The zero-order chi connectivity index (χ0) is 16.0. The van der Waals surface area contributed by atoms with Crippen molar-refractivity contribution in [2.45, 2.75) is 66.5 Å². The quantitative estimate of drug-likeness (QED) is 0.760. The van der Waals surface area contributed by atoms with Crippen molar-refractivity contribution in [2.75, 3.05) is 19.6 Å². The standard InChI is InChI=1S/C19H34N2/c1-8-13-20-18(19(6,7)21(9-2)10-3)17-14-15(4)11-12-16(17)5/h11-12,14,18,20H,8-10,13H2,1-7H3. The van der Waals surface area contributed by atoms with Crippen LogP contribution < -0.4 is 5.32 Å². The maximum atomic E-state index is 3.80. The molecule has 1 rings (SSSR count). The van der Waals surface area contributed by atoms with E-state index in [1.165, 1.54) is 16.7 Å². The van der Waals surface area contributed by atoms with Crippen LogP contribution in [0.5, 0.6) is 0 Å². The van der Waals surface area contributed by atoms with E-state index >= 15 is 0 Å². The smallest absolute Gasteiger partial charge is 0.0504 e. The van der Waals surface area contributed by atoms with Crippen molar-refractivity contribution in [1.29, 1.82) is 0 Å². The van der Waals surface area contributed by atoms with E-state index in [1.54, 1.807) is 0 Å². The number of nitrogens with one attached hydrogen (secondary N) is 1. The average Bonchev–Trinajstić information content (AvgIpc) is 2.43. The van der Waals surface area contributed by atoms with Crippen LogP contribution in [0, 0.1) is 13.8 Å². The number of rotatable bonds is 8. The Labute approximate surface area is 131 Å². The van der Waals surface area contributed by atoms with Crippen molar-refractivity contribution in [3.63, 3.8) is 0 Å². The van der Waals surface area contributed by atoms with E-state index in [9.17, 15) is 0 Å². The molecule has 0 radical (unpaired) electrons. The summed E-state index contributed by atoms with van der Waals surface area (Å²) < 4.78 is 0. The van der Waals surface area contributed by atoms with Gasteiger partial charge in [-0.1, -0.05) is 44.5 Å². The second kappa shape index (κ2) is 7.95. The van der Waals surface area contributed by atoms with Gasteiger partial charge in [0.05, 0.1) is 6.04 Å². The zero-order valence-electron chi connectivity index (χ0n) is 15.1. The van der Waals surface area contributed by atoms with Crippen LogP contribution in [0.3, 0.4) is 0 Å². The maximum Gasteiger partial charge on any atom is 0.0504 e. The average molecular weight is 290 g/mol. The lowest BCUT2D eigenvalue weighted by Crippen LogP contribution is -2.53. The summed E-state index contributed by atoms with van der Waals surface area (Å²) >= 11 is 0. The Balaban J connectivity index is 3.24. The Morgan fingerprint density at radius 3 is 2.24 bits per heavy atom. The molecule has 0 aliphatic rings. The lowest BCUT2D eigenvalue weighted by atomic mass is 9.84. The van der Waals surface area contributed by atoms with Crippen molar-refractivity contribution in [3.8, 4) is 0 Å². The highest BCUT2D eigenvalue weighted by molar-refractivity contribution is 5.35. The minimum Gasteiger partial charge on any atom is -0.308 e. The fraction of sp³-hybridized carbons (Fsp3) is 0.684. The Kier molecular flexibility index (Phi) is 6.89. The molecule has 21 heavy (non-hydrogen) atoms. The first-order valence-corrected chi connectivity index (χ1v) is 8.43. The summed E-state index contributed by atoms with van der Waals surface area (Å²) in [6, 6.07) is 7.18. The van der Waals surface area contributed by atoms with Crippen LogP contribution in [0.1, 0.15) is 63.8 Å². The van der Waals surface area contributed by atoms with Gasteiger partial charge in [0.15, 0.2) is 0 Å². The molecule has 0 spiro atoms. The van der Waals surface area contributed by atoms with Crippen LogP contribution in [0.4, 0.5) is 0 Å². The minimum atomic E-state index is 0.0945. The summed E-state index contributed by atoms with van der Waals surface area (Å²) in [6.07, 6.45) is 1.16. The molecule has 2 heteroatoms. The van der Waals surface area contributed by atoms with Crippen molar-refractivity contribution in [1.82, 2.24) is 10.2 Å². The van der Waals surface area contributed by atoms with E-state index in [0.29, 0.717) is 6.04 Å². The van der Waals surface area contributed by atoms with Crippen molar-refractivity contribution >= 4 is 0 Å². The highest BCUT2D eigenvalue weighted by Crippen LogP contribution is 2.33. The van der Waals surface area contributed by atoms with Gasteiger partial charge in [0.1, 0.15) is 0 Å². The molecule has 1 N–H and O–H groups in total. The highest BCUT2D eigenvalue weighted by atomic mass is 15.2. The molecule has 0 aromatic heterocycles. The molecule has 0 amide bonds. The summed E-state index contributed by atoms with van der Waals surface area (Å²) in [5.74, 6) is 0. The van der Waals surface area contributed by atoms with E-state index in [2.05, 4.69) is 76.9 Å². The van der Waals surface area contributed by atoms with Gasteiger partial charge in [0.2, 0.25) is 0 Å². The molecule has 0 aliphatic carbocycles. The van der Waals surface area contributed by atoms with Gasteiger partial charge in [-0.15, -0.1) is 0 Å². The number of benzene rings is 1. The summed E-state index contributed by atoms with van der Waals surface area (Å²) in [7, 11) is 0. The molecule has 1 unspecified atom stereocenters. The summed E-state index contributed by atoms with van der Waals surface area (Å²) in [4.78, 5) is 2.56. The van der Waals surface area contributed by atoms with Gasteiger partial charge in [-0.25, -0.2) is 0 Å². The highest BCUT2D eigenvalue weighted by Gasteiger charge is 2.35. The van der Waals surface area contributed by atoms with Crippen LogP contribution in [0.2, 0.25) is 0 Å². The van der Waals surface area contributed by atoms with Crippen LogP contribution in [-0.2, 0) is 0 Å². The van der Waals surface area contributed by atoms with E-state index in [1.807, 2.05) is 0 Å². The lowest BCUT2D eigenvalue weighted by molar-refractivity contribution is 0.0909. The summed E-state index contributed by atoms with van der Waals surface area (Å²) in [6.45, 7) is 19.1. The lowest BCUT2D eigenvalue weighted by Gasteiger charge is -2.44. The molecule has 0 fully saturated rings. The zero-order valence-corrected chi connectivity index (χ0v) is 15.1. The second-order valence-electron chi connectivity index (χ2n) is 6.57. The molecule has 0 saturated heterocycles. The molecule has 120 valence electrons. The van der Waals surface area contributed by atoms with Gasteiger partial charge < -0.3 is 5.32 Å². The van der Waals surface area contributed by atoms with E-state index < -0.39 is 0 Å². The first kappa shape index (κ1) is 18.2. The molecule has 1 aromatic carbocycles. The fourth-order valence-corrected chi connectivity index (χ4v) is 3.32. The van der Waals surface area contributed by atoms with E-state index in [-0.39, 0.29) is 5.54 Å². The number of hydrogen-bond donors (Lipinski definition) is 1. The predicted molar refractivity (Wildman–Crippen MR) is 94.0 cm³/mol. The number of hydrogen-bond acceptors (Lipinski definition) is 2. The van der Waals surface area contributed by atoms with Gasteiger partial charge in [0.25, 0.3) is 0 Å². The van der Waals surface area contributed by atoms with Crippen molar-refractivity contribution in [3.05, 3.63) is 34.9 Å². The van der Waals surface area contributed by atoms with Crippen LogP contribution >= 0.6 is 0 Å². The molecule has 0 aliphatic heterocycles. The van der Waals surface area contributed by atoms with Crippen LogP contribution in [0.25, 0.3) is 0 Å². The monoisotopic (exact) mass is 290 g/mol. The fourth-order valence-electron chi connectivity index (χ4n) is 3.32. The van der Waals surface area contributed by atoms with Crippen molar-refractivity contribution < 1.29 is 0 Å². The molecular weight excluding hydrogens is 256 g/mol. The largest absolute Gasteiger partial charge is 0.308 e. The van der Waals surface area contributed by atoms with Gasteiger partial charge in [-0.3, -0.25) is 4.90 Å². The predicted octanol–water partition coefficient (Wildman–Crippen LogP) is 4.46. The molecule has 0 heterocycles. The number of likely N-dealkylation sites (N-methyl/N-ethyl adjacent to an activating group) is 1. The Morgan fingerprint density at radius 1 is 1.10 bits per heavy atom. The SMILES string of the molecule is CCCNC(c1cc(C)ccc1C)C(C)(C)N(CC)CC. The molecule has 0 bridgehead atoms. The van der Waals surface area contributed by atoms with Crippen LogP contribution in [0.15, 0.2) is 18.2 Å². The molecule has 0 saturated carbocycles. The first-order valence-electron chi connectivity index (χ1n) is 8.43. The van der Waals surface area contributed by atoms with Gasteiger partial charge >= 0.3 is 0 Å². The first-order chi connectivity index (χ1) is 9.88. The minimum absolute atomic E-state index is 0.0945. The summed E-state index contributed by atoms with van der Waals surface area (Å²) in [5, 5.41) is 3.80. The normalized spacial score (nSPS) is 13.7. The third kappa shape index (κ3) is 4.31. The Morgan fingerprint density at radius 2 is 1.71 bits per heavy atom. The topological polar surface area (TPSA) is 15.3 Å². The third-order valence-electron chi connectivity index (χ3n) is 4.63. The molecule has 2 nitrogen and oxygen atoms in total. The van der Waals surface area contributed by atoms with Gasteiger partial charge in [0, 0.05) is 5.54 Å². The second-order valence-corrected chi connectivity index (χ2v) is 6.57. The Bertz CT molecular complexity index is 433. The summed E-state index contributed by atoms with van der Waals surface area (Å²) in [5.41, 5.74) is 4.26.